The molecule has 5 heterocycles. The van der Waals surface area contributed by atoms with Gasteiger partial charge < -0.3 is 18.6 Å². The standard InChI is InChI=1S/C36H55IN8O4Si/c1-12-28-26-19-29(38-21-30(26)45(40-28)32-15-13-14-17-46-32)27-20-39-43(9)35(27)49-25(4)22-42(8)23-31-33(37)34(48-24(2)3)41-44(31)16-18-47-50(10,11)36(5,6)7/h12,19-21,24-25,32H,1,13-18,22-23H2,2-11H3/t25-,32?/m0/s1. The number of aryl methyl sites for hydroxylation is 1. The minimum atomic E-state index is -1.88. The molecule has 0 aliphatic carbocycles. The molecule has 0 amide bonds. The highest BCUT2D eigenvalue weighted by atomic mass is 127. The van der Waals surface area contributed by atoms with E-state index < -0.39 is 8.32 Å². The zero-order valence-corrected chi connectivity index (χ0v) is 34.7. The minimum Gasteiger partial charge on any atom is -0.473 e. The number of hydrogen-bond acceptors (Lipinski definition) is 9. The Morgan fingerprint density at radius 3 is 2.58 bits per heavy atom. The molecule has 1 unspecified atom stereocenters. The average molecular weight is 819 g/mol. The molecule has 0 bridgehead atoms. The van der Waals surface area contributed by atoms with Crippen LogP contribution in [0.15, 0.2) is 25.0 Å². The first kappa shape index (κ1) is 38.4. The van der Waals surface area contributed by atoms with Crippen LogP contribution in [-0.4, -0.2) is 86.6 Å². The largest absolute Gasteiger partial charge is 0.473 e. The molecule has 14 heteroatoms. The van der Waals surface area contributed by atoms with Gasteiger partial charge in [-0.25, -0.2) is 9.36 Å². The fourth-order valence-corrected chi connectivity index (χ4v) is 7.63. The zero-order valence-electron chi connectivity index (χ0n) is 31.5. The van der Waals surface area contributed by atoms with Crippen molar-refractivity contribution in [3.05, 3.63) is 40.0 Å². The number of nitrogens with zero attached hydrogens (tertiary/aromatic N) is 8. The number of rotatable bonds is 15. The molecule has 2 atom stereocenters. The molecule has 0 aromatic carbocycles. The number of pyridine rings is 1. The third kappa shape index (κ3) is 8.63. The van der Waals surface area contributed by atoms with E-state index in [9.17, 15) is 0 Å². The molecular weight excluding hydrogens is 763 g/mol. The van der Waals surface area contributed by atoms with Crippen molar-refractivity contribution < 1.29 is 18.6 Å². The summed E-state index contributed by atoms with van der Waals surface area (Å²) in [6, 6.07) is 2.05. The molecule has 0 radical (unpaired) electrons. The van der Waals surface area contributed by atoms with E-state index in [1.165, 1.54) is 0 Å². The monoisotopic (exact) mass is 818 g/mol. The summed E-state index contributed by atoms with van der Waals surface area (Å²) in [5.41, 5.74) is 4.43. The molecule has 274 valence electrons. The molecule has 1 saturated heterocycles. The number of aromatic nitrogens is 7. The first-order valence-electron chi connectivity index (χ1n) is 17.6. The smallest absolute Gasteiger partial charge is 0.246 e. The second-order valence-electron chi connectivity index (χ2n) is 15.1. The number of halogens is 1. The highest BCUT2D eigenvalue weighted by Gasteiger charge is 2.37. The van der Waals surface area contributed by atoms with E-state index in [0.29, 0.717) is 38.0 Å². The van der Waals surface area contributed by atoms with Gasteiger partial charge >= 0.3 is 0 Å². The fraction of sp³-hybridized carbons (Fsp3) is 0.611. The van der Waals surface area contributed by atoms with Crippen LogP contribution < -0.4 is 9.47 Å². The molecule has 4 aromatic rings. The first-order valence-corrected chi connectivity index (χ1v) is 21.6. The van der Waals surface area contributed by atoms with Gasteiger partial charge in [0.05, 0.1) is 63.4 Å². The topological polar surface area (TPSA) is 107 Å². The van der Waals surface area contributed by atoms with Gasteiger partial charge in [0.15, 0.2) is 14.5 Å². The van der Waals surface area contributed by atoms with E-state index in [2.05, 4.69) is 91.7 Å². The van der Waals surface area contributed by atoms with Gasteiger partial charge in [0.1, 0.15) is 6.10 Å². The van der Waals surface area contributed by atoms with Gasteiger partial charge in [-0.2, -0.15) is 10.2 Å². The van der Waals surface area contributed by atoms with E-state index in [0.717, 1.165) is 63.0 Å². The maximum Gasteiger partial charge on any atom is 0.246 e. The number of ether oxygens (including phenoxy) is 3. The lowest BCUT2D eigenvalue weighted by molar-refractivity contribution is -0.0367. The summed E-state index contributed by atoms with van der Waals surface area (Å²) in [6.45, 7) is 24.9. The van der Waals surface area contributed by atoms with Crippen LogP contribution >= 0.6 is 22.6 Å². The first-order chi connectivity index (χ1) is 23.6. The molecule has 50 heavy (non-hydrogen) atoms. The Bertz CT molecular complexity index is 1770. The Labute approximate surface area is 311 Å². The minimum absolute atomic E-state index is 0.0306. The van der Waals surface area contributed by atoms with Crippen molar-refractivity contribution in [1.82, 2.24) is 39.2 Å². The van der Waals surface area contributed by atoms with Gasteiger partial charge in [-0.05, 0) is 99.9 Å². The van der Waals surface area contributed by atoms with E-state index >= 15 is 0 Å². The van der Waals surface area contributed by atoms with Crippen LogP contribution in [-0.2, 0) is 29.3 Å². The molecule has 0 N–H and O–H groups in total. The van der Waals surface area contributed by atoms with Crippen molar-refractivity contribution >= 4 is 47.9 Å². The second-order valence-corrected chi connectivity index (χ2v) is 21.0. The van der Waals surface area contributed by atoms with Crippen LogP contribution in [0.2, 0.25) is 18.1 Å². The highest BCUT2D eigenvalue weighted by molar-refractivity contribution is 14.1. The van der Waals surface area contributed by atoms with Gasteiger partial charge in [0.25, 0.3) is 0 Å². The second kappa shape index (κ2) is 15.8. The molecule has 1 aliphatic rings. The summed E-state index contributed by atoms with van der Waals surface area (Å²) in [7, 11) is 2.12. The van der Waals surface area contributed by atoms with Crippen molar-refractivity contribution in [2.45, 2.75) is 110 Å². The Morgan fingerprint density at radius 2 is 1.92 bits per heavy atom. The van der Waals surface area contributed by atoms with Crippen LogP contribution in [0, 0.1) is 3.57 Å². The van der Waals surface area contributed by atoms with E-state index in [4.69, 9.17) is 33.8 Å². The molecular formula is C36H55IN8O4Si. The molecule has 4 aromatic heterocycles. The lowest BCUT2D eigenvalue weighted by Gasteiger charge is -2.36. The lowest BCUT2D eigenvalue weighted by atomic mass is 10.1. The average Bonchev–Trinajstić information content (AvgIpc) is 3.69. The number of fused-ring (bicyclic) bond motifs is 1. The Balaban J connectivity index is 1.30. The normalized spacial score (nSPS) is 16.5. The predicted octanol–water partition coefficient (Wildman–Crippen LogP) is 7.68. The van der Waals surface area contributed by atoms with Gasteiger partial charge in [-0.3, -0.25) is 14.6 Å². The third-order valence-corrected chi connectivity index (χ3v) is 15.2. The van der Waals surface area contributed by atoms with Crippen LogP contribution in [0.3, 0.4) is 0 Å². The van der Waals surface area contributed by atoms with Crippen LogP contribution in [0.4, 0.5) is 0 Å². The van der Waals surface area contributed by atoms with E-state index in [1.807, 2.05) is 44.0 Å². The lowest BCUT2D eigenvalue weighted by Crippen LogP contribution is -2.41. The van der Waals surface area contributed by atoms with Gasteiger partial charge in [0, 0.05) is 32.1 Å². The summed E-state index contributed by atoms with van der Waals surface area (Å²) < 4.78 is 32.0. The molecule has 12 nitrogen and oxygen atoms in total. The van der Waals surface area contributed by atoms with Crippen LogP contribution in [0.5, 0.6) is 11.8 Å². The van der Waals surface area contributed by atoms with Crippen molar-refractivity contribution in [3.63, 3.8) is 0 Å². The summed E-state index contributed by atoms with van der Waals surface area (Å²) in [5.74, 6) is 1.33. The predicted molar refractivity (Wildman–Crippen MR) is 209 cm³/mol. The maximum atomic E-state index is 6.59. The Kier molecular flexibility index (Phi) is 12.2. The Morgan fingerprint density at radius 1 is 1.16 bits per heavy atom. The van der Waals surface area contributed by atoms with Crippen LogP contribution in [0.1, 0.15) is 78.4 Å². The maximum absolute atomic E-state index is 6.59. The van der Waals surface area contributed by atoms with Crippen molar-refractivity contribution in [2.24, 2.45) is 7.05 Å². The van der Waals surface area contributed by atoms with Gasteiger partial charge in [0.2, 0.25) is 11.8 Å². The molecule has 1 fully saturated rings. The number of hydrogen-bond donors (Lipinski definition) is 0. The SMILES string of the molecule is C=Cc1nn(C2CCCCO2)c2cnc(-c3cnn(C)c3O[C@@H](C)CN(C)Cc3c(I)c(OC(C)C)nn3CCO[Si](C)(C)C(C)(C)C)cc12. The van der Waals surface area contributed by atoms with Crippen molar-refractivity contribution in [1.29, 1.82) is 0 Å². The third-order valence-electron chi connectivity index (χ3n) is 9.59. The van der Waals surface area contributed by atoms with Gasteiger partial charge in [-0.1, -0.05) is 27.4 Å². The summed E-state index contributed by atoms with van der Waals surface area (Å²) in [4.78, 5) is 7.11. The summed E-state index contributed by atoms with van der Waals surface area (Å²) in [6.07, 6.45) is 8.40. The summed E-state index contributed by atoms with van der Waals surface area (Å²) in [5, 5.41) is 15.4. The van der Waals surface area contributed by atoms with E-state index in [1.54, 1.807) is 10.8 Å². The highest BCUT2D eigenvalue weighted by Crippen LogP contribution is 2.37. The van der Waals surface area contributed by atoms with Crippen LogP contribution in [0.25, 0.3) is 28.2 Å². The van der Waals surface area contributed by atoms with Gasteiger partial charge in [-0.15, -0.1) is 5.10 Å². The quantitative estimate of drug-likeness (QED) is 0.0883. The van der Waals surface area contributed by atoms with Crippen molar-refractivity contribution in [3.8, 4) is 23.0 Å². The van der Waals surface area contributed by atoms with Crippen molar-refractivity contribution in [2.75, 3.05) is 26.8 Å². The van der Waals surface area contributed by atoms with E-state index in [-0.39, 0.29) is 23.5 Å². The zero-order chi connectivity index (χ0) is 36.4. The summed E-state index contributed by atoms with van der Waals surface area (Å²) >= 11 is 2.36. The number of likely N-dealkylation sites (N-methyl/N-ethyl adjacent to an activating group) is 1. The molecule has 0 spiro atoms. The molecule has 1 aliphatic heterocycles. The molecule has 0 saturated carbocycles. The fourth-order valence-electron chi connectivity index (χ4n) is 5.91. The Hall–Kier alpha value is -2.79. The molecule has 5 rings (SSSR count).